The van der Waals surface area contributed by atoms with Crippen molar-refractivity contribution in [2.24, 2.45) is 0 Å². The normalized spacial score (nSPS) is 10.4. The van der Waals surface area contributed by atoms with Crippen molar-refractivity contribution in [3.05, 3.63) is 41.2 Å². The number of fused-ring (bicyclic) bond motifs is 1. The van der Waals surface area contributed by atoms with Gasteiger partial charge in [-0.1, -0.05) is 35.9 Å². The molecule has 0 spiro atoms. The van der Waals surface area contributed by atoms with E-state index in [0.717, 1.165) is 10.8 Å². The molecule has 0 fully saturated rings. The molecule has 0 bridgehead atoms. The highest BCUT2D eigenvalue weighted by molar-refractivity contribution is 6.30. The number of hydrogen-bond acceptors (Lipinski definition) is 2. The highest BCUT2D eigenvalue weighted by atomic mass is 35.5. The van der Waals surface area contributed by atoms with Crippen LogP contribution in [0.15, 0.2) is 30.3 Å². The number of carbonyl (C=O) groups excluding carboxylic acids is 1. The molecule has 4 heteroatoms. The summed E-state index contributed by atoms with van der Waals surface area (Å²) in [7, 11) is 1.61. The van der Waals surface area contributed by atoms with Gasteiger partial charge in [-0.3, -0.25) is 4.79 Å². The lowest BCUT2D eigenvalue weighted by Crippen LogP contribution is -2.20. The molecule has 0 aliphatic heterocycles. The molecule has 1 N–H and O–H groups in total. The zero-order chi connectivity index (χ0) is 11.5. The SMILES string of the molecule is CNC(=O)Cc1nc(Cl)cc2ccccc12. The molecule has 1 aromatic heterocycles. The summed E-state index contributed by atoms with van der Waals surface area (Å²) in [5.74, 6) is -0.0695. The molecule has 1 amide bonds. The number of benzene rings is 1. The first-order valence-corrected chi connectivity index (χ1v) is 5.33. The summed E-state index contributed by atoms with van der Waals surface area (Å²) in [5.41, 5.74) is 0.711. The Labute approximate surface area is 98.4 Å². The molecule has 0 saturated carbocycles. The second-order valence-corrected chi connectivity index (χ2v) is 3.85. The molecule has 16 heavy (non-hydrogen) atoms. The smallest absolute Gasteiger partial charge is 0.225 e. The summed E-state index contributed by atoms with van der Waals surface area (Å²) in [5, 5.41) is 4.96. The van der Waals surface area contributed by atoms with Crippen LogP contribution in [0.2, 0.25) is 5.15 Å². The first-order chi connectivity index (χ1) is 7.70. The second-order valence-electron chi connectivity index (χ2n) is 3.46. The van der Waals surface area contributed by atoms with Crippen molar-refractivity contribution in [2.75, 3.05) is 7.05 Å². The van der Waals surface area contributed by atoms with Crippen LogP contribution in [0.4, 0.5) is 0 Å². The van der Waals surface area contributed by atoms with Crippen LogP contribution < -0.4 is 5.32 Å². The number of nitrogens with one attached hydrogen (secondary N) is 1. The molecular formula is C12H11ClN2O. The minimum atomic E-state index is -0.0695. The van der Waals surface area contributed by atoms with E-state index in [1.54, 1.807) is 13.1 Å². The Kier molecular flexibility index (Phi) is 3.06. The van der Waals surface area contributed by atoms with Crippen LogP contribution in [0.1, 0.15) is 5.69 Å². The molecule has 0 aliphatic rings. The molecule has 82 valence electrons. The number of carbonyl (C=O) groups is 1. The average molecular weight is 235 g/mol. The maximum absolute atomic E-state index is 11.3. The monoisotopic (exact) mass is 234 g/mol. The fourth-order valence-electron chi connectivity index (χ4n) is 1.61. The second kappa shape index (κ2) is 4.49. The molecule has 1 aromatic carbocycles. The number of halogens is 1. The topological polar surface area (TPSA) is 42.0 Å². The molecule has 0 saturated heterocycles. The largest absolute Gasteiger partial charge is 0.359 e. The molecule has 0 unspecified atom stereocenters. The van der Waals surface area contributed by atoms with Crippen LogP contribution in [0.3, 0.4) is 0 Å². The predicted molar refractivity (Wildman–Crippen MR) is 64.5 cm³/mol. The number of likely N-dealkylation sites (N-methyl/N-ethyl adjacent to an activating group) is 1. The van der Waals surface area contributed by atoms with Crippen molar-refractivity contribution >= 4 is 28.3 Å². The Morgan fingerprint density at radius 2 is 2.19 bits per heavy atom. The van der Waals surface area contributed by atoms with Gasteiger partial charge >= 0.3 is 0 Å². The Balaban J connectivity index is 2.54. The zero-order valence-corrected chi connectivity index (χ0v) is 9.58. The number of nitrogens with zero attached hydrogens (tertiary/aromatic N) is 1. The van der Waals surface area contributed by atoms with E-state index in [1.807, 2.05) is 24.3 Å². The minimum Gasteiger partial charge on any atom is -0.359 e. The summed E-state index contributed by atoms with van der Waals surface area (Å²) >= 11 is 5.91. The van der Waals surface area contributed by atoms with E-state index >= 15 is 0 Å². The van der Waals surface area contributed by atoms with Gasteiger partial charge in [0.15, 0.2) is 0 Å². The van der Waals surface area contributed by atoms with Crippen molar-refractivity contribution in [1.29, 1.82) is 0 Å². The first-order valence-electron chi connectivity index (χ1n) is 4.95. The van der Waals surface area contributed by atoms with Gasteiger partial charge in [0.1, 0.15) is 5.15 Å². The lowest BCUT2D eigenvalue weighted by Gasteiger charge is -2.05. The van der Waals surface area contributed by atoms with Gasteiger partial charge in [-0.15, -0.1) is 0 Å². The summed E-state index contributed by atoms with van der Waals surface area (Å²) < 4.78 is 0. The fourth-order valence-corrected chi connectivity index (χ4v) is 1.83. The summed E-state index contributed by atoms with van der Waals surface area (Å²) in [6.45, 7) is 0. The molecule has 0 atom stereocenters. The maximum Gasteiger partial charge on any atom is 0.225 e. The highest BCUT2D eigenvalue weighted by Gasteiger charge is 2.08. The van der Waals surface area contributed by atoms with Gasteiger partial charge in [-0.2, -0.15) is 0 Å². The van der Waals surface area contributed by atoms with E-state index in [4.69, 9.17) is 11.6 Å². The van der Waals surface area contributed by atoms with Crippen LogP contribution in [0.25, 0.3) is 10.8 Å². The van der Waals surface area contributed by atoms with Crippen LogP contribution in [-0.2, 0) is 11.2 Å². The van der Waals surface area contributed by atoms with Crippen LogP contribution in [0, 0.1) is 0 Å². The number of rotatable bonds is 2. The third-order valence-corrected chi connectivity index (χ3v) is 2.59. The van der Waals surface area contributed by atoms with Crippen LogP contribution >= 0.6 is 11.6 Å². The number of amides is 1. The molecule has 0 radical (unpaired) electrons. The summed E-state index contributed by atoms with van der Waals surface area (Å²) in [6, 6.07) is 9.55. The Morgan fingerprint density at radius 3 is 2.94 bits per heavy atom. The fraction of sp³-hybridized carbons (Fsp3) is 0.167. The van der Waals surface area contributed by atoms with Gasteiger partial charge in [0.05, 0.1) is 12.1 Å². The van der Waals surface area contributed by atoms with Crippen molar-refractivity contribution in [3.63, 3.8) is 0 Å². The number of aromatic nitrogens is 1. The van der Waals surface area contributed by atoms with Gasteiger partial charge in [0.25, 0.3) is 0 Å². The third kappa shape index (κ3) is 2.14. The molecular weight excluding hydrogens is 224 g/mol. The zero-order valence-electron chi connectivity index (χ0n) is 8.83. The molecule has 0 aliphatic carbocycles. The Bertz CT molecular complexity index is 540. The lowest BCUT2D eigenvalue weighted by atomic mass is 10.1. The summed E-state index contributed by atoms with van der Waals surface area (Å²) in [6.07, 6.45) is 0.248. The van der Waals surface area contributed by atoms with E-state index in [1.165, 1.54) is 0 Å². The number of hydrogen-bond donors (Lipinski definition) is 1. The lowest BCUT2D eigenvalue weighted by molar-refractivity contribution is -0.119. The minimum absolute atomic E-state index is 0.0695. The van der Waals surface area contributed by atoms with Crippen molar-refractivity contribution < 1.29 is 4.79 Å². The van der Waals surface area contributed by atoms with Gasteiger partial charge in [-0.05, 0) is 11.5 Å². The van der Waals surface area contributed by atoms with Crippen molar-refractivity contribution in [3.8, 4) is 0 Å². The van der Waals surface area contributed by atoms with E-state index < -0.39 is 0 Å². The first kappa shape index (κ1) is 10.9. The van der Waals surface area contributed by atoms with E-state index in [2.05, 4.69) is 10.3 Å². The van der Waals surface area contributed by atoms with Gasteiger partial charge in [-0.25, -0.2) is 4.98 Å². The molecule has 2 aromatic rings. The predicted octanol–water partition coefficient (Wildman–Crippen LogP) is 2.18. The van der Waals surface area contributed by atoms with E-state index in [9.17, 15) is 4.79 Å². The average Bonchev–Trinajstić information content (AvgIpc) is 2.28. The quantitative estimate of drug-likeness (QED) is 0.810. The van der Waals surface area contributed by atoms with Gasteiger partial charge < -0.3 is 5.32 Å². The maximum atomic E-state index is 11.3. The third-order valence-electron chi connectivity index (χ3n) is 2.39. The van der Waals surface area contributed by atoms with Crippen molar-refractivity contribution in [2.45, 2.75) is 6.42 Å². The van der Waals surface area contributed by atoms with Crippen LogP contribution in [0.5, 0.6) is 0 Å². The van der Waals surface area contributed by atoms with E-state index in [0.29, 0.717) is 10.8 Å². The van der Waals surface area contributed by atoms with Crippen molar-refractivity contribution in [1.82, 2.24) is 10.3 Å². The Morgan fingerprint density at radius 1 is 1.44 bits per heavy atom. The van der Waals surface area contributed by atoms with E-state index in [-0.39, 0.29) is 12.3 Å². The van der Waals surface area contributed by atoms with Gasteiger partial charge in [0, 0.05) is 12.4 Å². The molecule has 3 nitrogen and oxygen atoms in total. The Hall–Kier alpha value is -1.61. The molecule has 2 rings (SSSR count). The standard InChI is InChI=1S/C12H11ClN2O/c1-14-12(16)7-10-9-5-3-2-4-8(9)6-11(13)15-10/h2-6H,7H2,1H3,(H,14,16). The highest BCUT2D eigenvalue weighted by Crippen LogP contribution is 2.21. The van der Waals surface area contributed by atoms with Crippen LogP contribution in [-0.4, -0.2) is 17.9 Å². The molecule has 1 heterocycles. The van der Waals surface area contributed by atoms with Gasteiger partial charge in [0.2, 0.25) is 5.91 Å². The number of pyridine rings is 1. The summed E-state index contributed by atoms with van der Waals surface area (Å²) in [4.78, 5) is 15.5.